The molecule has 1 aromatic carbocycles. The van der Waals surface area contributed by atoms with Gasteiger partial charge in [0, 0.05) is 0 Å². The summed E-state index contributed by atoms with van der Waals surface area (Å²) in [5.41, 5.74) is 2.11. The van der Waals surface area contributed by atoms with Crippen molar-refractivity contribution in [3.05, 3.63) is 65.1 Å². The molecule has 0 spiro atoms. The van der Waals surface area contributed by atoms with Gasteiger partial charge in [-0.05, 0) is 35.3 Å². The highest BCUT2D eigenvalue weighted by Crippen LogP contribution is 2.17. The number of carbonyl (C=O) groups is 1. The van der Waals surface area contributed by atoms with Crippen molar-refractivity contribution in [2.24, 2.45) is 0 Å². The number of nitriles is 1. The Morgan fingerprint density at radius 3 is 2.45 bits per heavy atom. The molecule has 2 rings (SSSR count). The summed E-state index contributed by atoms with van der Waals surface area (Å²) in [5, 5.41) is 9.12. The number of Topliss-reactive ketones (excluding diaryl/α,β-unsaturated/α-hetero) is 1. The Balaban J connectivity index is 2.28. The Morgan fingerprint density at radius 1 is 1.25 bits per heavy atom. The Morgan fingerprint density at radius 2 is 1.95 bits per heavy atom. The van der Waals surface area contributed by atoms with E-state index >= 15 is 0 Å². The summed E-state index contributed by atoms with van der Waals surface area (Å²) in [5.74, 6) is 0.232. The summed E-state index contributed by atoms with van der Waals surface area (Å²) in [6.45, 7) is 4.23. The molecule has 0 aliphatic carbocycles. The van der Waals surface area contributed by atoms with Gasteiger partial charge in [0.1, 0.15) is 11.6 Å². The fourth-order valence-electron chi connectivity index (χ4n) is 1.83. The highest BCUT2D eigenvalue weighted by Gasteiger charge is 2.14. The smallest absolute Gasteiger partial charge is 0.238 e. The van der Waals surface area contributed by atoms with E-state index in [4.69, 9.17) is 9.68 Å². The molecular weight excluding hydrogens is 250 g/mol. The average molecular weight is 265 g/mol. The van der Waals surface area contributed by atoms with E-state index in [0.717, 1.165) is 5.56 Å². The lowest BCUT2D eigenvalue weighted by Gasteiger charge is -2.04. The number of carbonyl (C=O) groups excluding carboxylic acids is 1. The molecule has 0 amide bonds. The Bertz CT molecular complexity index is 656. The standard InChI is InChI=1S/C17H15NO2/c1-12(2)14-7-5-13(6-8-14)10-15(11-18)17(19)16-4-3-9-20-16/h3-10,12H,1-2H3/b15-10+. The summed E-state index contributed by atoms with van der Waals surface area (Å²) < 4.78 is 5.02. The maximum absolute atomic E-state index is 12.0. The number of nitrogens with zero attached hydrogens (tertiary/aromatic N) is 1. The van der Waals surface area contributed by atoms with Crippen LogP contribution in [0.3, 0.4) is 0 Å². The largest absolute Gasteiger partial charge is 0.461 e. The number of furan rings is 1. The highest BCUT2D eigenvalue weighted by atomic mass is 16.3. The van der Waals surface area contributed by atoms with Crippen molar-refractivity contribution in [1.29, 1.82) is 5.26 Å². The van der Waals surface area contributed by atoms with Gasteiger partial charge in [0.15, 0.2) is 5.76 Å². The summed E-state index contributed by atoms with van der Waals surface area (Å²) in [6, 6.07) is 12.9. The topological polar surface area (TPSA) is 54.0 Å². The zero-order valence-corrected chi connectivity index (χ0v) is 11.5. The van der Waals surface area contributed by atoms with Crippen LogP contribution >= 0.6 is 0 Å². The molecule has 0 radical (unpaired) electrons. The second-order valence-electron chi connectivity index (χ2n) is 4.80. The average Bonchev–Trinajstić information content (AvgIpc) is 2.98. The second kappa shape index (κ2) is 6.03. The maximum Gasteiger partial charge on any atom is 0.238 e. The van der Waals surface area contributed by atoms with Gasteiger partial charge in [-0.3, -0.25) is 4.79 Å². The van der Waals surface area contributed by atoms with E-state index in [1.807, 2.05) is 30.3 Å². The summed E-state index contributed by atoms with van der Waals surface area (Å²) >= 11 is 0. The first-order valence-corrected chi connectivity index (χ1v) is 6.41. The van der Waals surface area contributed by atoms with Crippen LogP contribution < -0.4 is 0 Å². The zero-order chi connectivity index (χ0) is 14.5. The van der Waals surface area contributed by atoms with Crippen LogP contribution in [0.25, 0.3) is 6.08 Å². The molecule has 3 heteroatoms. The number of hydrogen-bond donors (Lipinski definition) is 0. The number of rotatable bonds is 4. The van der Waals surface area contributed by atoms with Gasteiger partial charge in [0.25, 0.3) is 0 Å². The number of allylic oxidation sites excluding steroid dienone is 1. The molecule has 0 saturated heterocycles. The fraction of sp³-hybridized carbons (Fsp3) is 0.176. The predicted molar refractivity (Wildman–Crippen MR) is 77.2 cm³/mol. The quantitative estimate of drug-likeness (QED) is 0.473. The van der Waals surface area contributed by atoms with E-state index < -0.39 is 5.78 Å². The third kappa shape index (κ3) is 3.04. The lowest BCUT2D eigenvalue weighted by molar-refractivity contribution is 0.101. The predicted octanol–water partition coefficient (Wildman–Crippen LogP) is 4.19. The molecule has 0 aliphatic rings. The van der Waals surface area contributed by atoms with E-state index in [1.165, 1.54) is 11.8 Å². The van der Waals surface area contributed by atoms with E-state index in [-0.39, 0.29) is 11.3 Å². The summed E-state index contributed by atoms with van der Waals surface area (Å²) in [7, 11) is 0. The SMILES string of the molecule is CC(C)c1ccc(/C=C(\C#N)C(=O)c2ccco2)cc1. The molecule has 20 heavy (non-hydrogen) atoms. The van der Waals surface area contributed by atoms with Crippen molar-refractivity contribution in [1.82, 2.24) is 0 Å². The van der Waals surface area contributed by atoms with Gasteiger partial charge < -0.3 is 4.42 Å². The van der Waals surface area contributed by atoms with Crippen LogP contribution in [0.4, 0.5) is 0 Å². The molecule has 100 valence electrons. The molecule has 0 bridgehead atoms. The fourth-order valence-corrected chi connectivity index (χ4v) is 1.83. The molecule has 1 heterocycles. The van der Waals surface area contributed by atoms with E-state index in [1.54, 1.807) is 18.2 Å². The van der Waals surface area contributed by atoms with Gasteiger partial charge in [0.05, 0.1) is 6.26 Å². The number of benzene rings is 1. The van der Waals surface area contributed by atoms with Gasteiger partial charge in [0.2, 0.25) is 5.78 Å². The molecule has 0 fully saturated rings. The van der Waals surface area contributed by atoms with Crippen LogP contribution in [0, 0.1) is 11.3 Å². The van der Waals surface area contributed by atoms with Gasteiger partial charge >= 0.3 is 0 Å². The van der Waals surface area contributed by atoms with Crippen molar-refractivity contribution < 1.29 is 9.21 Å². The van der Waals surface area contributed by atoms with Gasteiger partial charge in [-0.15, -0.1) is 0 Å². The molecule has 1 aromatic heterocycles. The first-order valence-electron chi connectivity index (χ1n) is 6.41. The molecule has 2 aromatic rings. The van der Waals surface area contributed by atoms with Crippen molar-refractivity contribution >= 4 is 11.9 Å². The lowest BCUT2D eigenvalue weighted by Crippen LogP contribution is -2.00. The van der Waals surface area contributed by atoms with Gasteiger partial charge in [-0.25, -0.2) is 0 Å². The van der Waals surface area contributed by atoms with Crippen molar-refractivity contribution in [2.45, 2.75) is 19.8 Å². The second-order valence-corrected chi connectivity index (χ2v) is 4.80. The van der Waals surface area contributed by atoms with Crippen molar-refractivity contribution in [2.75, 3.05) is 0 Å². The van der Waals surface area contributed by atoms with Crippen LogP contribution in [-0.2, 0) is 0 Å². The van der Waals surface area contributed by atoms with E-state index in [0.29, 0.717) is 5.92 Å². The van der Waals surface area contributed by atoms with Gasteiger partial charge in [-0.1, -0.05) is 38.1 Å². The first kappa shape index (κ1) is 13.8. The minimum absolute atomic E-state index is 0.0669. The normalized spacial score (nSPS) is 11.4. The molecular formula is C17H15NO2. The molecule has 0 aliphatic heterocycles. The molecule has 0 unspecified atom stereocenters. The Hall–Kier alpha value is -2.60. The van der Waals surface area contributed by atoms with Crippen LogP contribution in [0.1, 0.15) is 41.4 Å². The Kier molecular flexibility index (Phi) is 4.17. The van der Waals surface area contributed by atoms with E-state index in [9.17, 15) is 4.79 Å². The first-order chi connectivity index (χ1) is 9.61. The van der Waals surface area contributed by atoms with E-state index in [2.05, 4.69) is 13.8 Å². The van der Waals surface area contributed by atoms with Crippen LogP contribution in [-0.4, -0.2) is 5.78 Å². The third-order valence-electron chi connectivity index (χ3n) is 3.02. The summed E-state index contributed by atoms with van der Waals surface area (Å²) in [6.07, 6.45) is 2.99. The van der Waals surface area contributed by atoms with Crippen LogP contribution in [0.5, 0.6) is 0 Å². The molecule has 0 N–H and O–H groups in total. The molecule has 3 nitrogen and oxygen atoms in total. The van der Waals surface area contributed by atoms with Crippen LogP contribution in [0.2, 0.25) is 0 Å². The van der Waals surface area contributed by atoms with Crippen LogP contribution in [0.15, 0.2) is 52.7 Å². The van der Waals surface area contributed by atoms with Gasteiger partial charge in [-0.2, -0.15) is 5.26 Å². The monoisotopic (exact) mass is 265 g/mol. The third-order valence-corrected chi connectivity index (χ3v) is 3.02. The number of hydrogen-bond acceptors (Lipinski definition) is 3. The van der Waals surface area contributed by atoms with Crippen molar-refractivity contribution in [3.63, 3.8) is 0 Å². The van der Waals surface area contributed by atoms with Crippen molar-refractivity contribution in [3.8, 4) is 6.07 Å². The zero-order valence-electron chi connectivity index (χ0n) is 11.5. The molecule has 0 saturated carbocycles. The number of ketones is 1. The Labute approximate surface area is 118 Å². The lowest BCUT2D eigenvalue weighted by atomic mass is 10.0. The maximum atomic E-state index is 12.0. The summed E-state index contributed by atoms with van der Waals surface area (Å²) in [4.78, 5) is 12.0. The molecule has 0 atom stereocenters. The minimum Gasteiger partial charge on any atom is -0.461 e. The minimum atomic E-state index is -0.398. The highest BCUT2D eigenvalue weighted by molar-refractivity contribution is 6.12.